The lowest BCUT2D eigenvalue weighted by Crippen LogP contribution is -1.92. The molecular formula is C19H24Br2. The van der Waals surface area contributed by atoms with Crippen molar-refractivity contribution in [3.63, 3.8) is 0 Å². The van der Waals surface area contributed by atoms with Gasteiger partial charge < -0.3 is 0 Å². The van der Waals surface area contributed by atoms with Gasteiger partial charge in [0.15, 0.2) is 0 Å². The molecule has 0 aliphatic carbocycles. The van der Waals surface area contributed by atoms with Crippen molar-refractivity contribution in [1.29, 1.82) is 0 Å². The first-order chi connectivity index (χ1) is 9.82. The van der Waals surface area contributed by atoms with Crippen molar-refractivity contribution < 1.29 is 0 Å². The van der Waals surface area contributed by atoms with E-state index in [1.165, 1.54) is 27.8 Å². The number of aryl methyl sites for hydroxylation is 3. The van der Waals surface area contributed by atoms with Crippen molar-refractivity contribution in [1.82, 2.24) is 0 Å². The van der Waals surface area contributed by atoms with Gasteiger partial charge in [0.2, 0.25) is 0 Å². The van der Waals surface area contributed by atoms with Gasteiger partial charge in [0.25, 0.3) is 0 Å². The van der Waals surface area contributed by atoms with E-state index in [0.29, 0.717) is 9.65 Å². The molecule has 0 aromatic heterocycles. The van der Waals surface area contributed by atoms with E-state index in [1.54, 1.807) is 0 Å². The molecule has 0 bridgehead atoms. The summed E-state index contributed by atoms with van der Waals surface area (Å²) in [6, 6.07) is 15.0. The van der Waals surface area contributed by atoms with Crippen LogP contribution in [0.1, 0.15) is 51.3 Å². The van der Waals surface area contributed by atoms with Crippen molar-refractivity contribution in [2.24, 2.45) is 0 Å². The number of halogens is 2. The minimum absolute atomic E-state index is 0.462. The first-order valence-electron chi connectivity index (χ1n) is 7.23. The third-order valence-electron chi connectivity index (χ3n) is 3.48. The van der Waals surface area contributed by atoms with E-state index in [1.807, 2.05) is 0 Å². The maximum absolute atomic E-state index is 3.58. The molecule has 2 heteroatoms. The highest BCUT2D eigenvalue weighted by Gasteiger charge is 2.06. The topological polar surface area (TPSA) is 0 Å². The lowest BCUT2D eigenvalue weighted by Gasteiger charge is -2.10. The Hall–Kier alpha value is -0.600. The number of benzene rings is 2. The predicted molar refractivity (Wildman–Crippen MR) is 102 cm³/mol. The molecule has 0 aliphatic rings. The zero-order chi connectivity index (χ0) is 16.0. The number of alkyl halides is 2. The maximum Gasteiger partial charge on any atom is 0.0372 e. The quantitative estimate of drug-likeness (QED) is 0.458. The molecule has 0 aliphatic heterocycles. The molecule has 2 rings (SSSR count). The van der Waals surface area contributed by atoms with Crippen molar-refractivity contribution in [2.75, 3.05) is 0 Å². The summed E-state index contributed by atoms with van der Waals surface area (Å²) in [4.78, 5) is 0.928. The SMILES string of the molecule is Cc1ccc(C(C)Br)cc1.Cc1cccc(C)c1C(C)Br. The predicted octanol–water partition coefficient (Wildman–Crippen LogP) is 7.21. The van der Waals surface area contributed by atoms with Gasteiger partial charge in [-0.2, -0.15) is 0 Å². The van der Waals surface area contributed by atoms with Gasteiger partial charge in [0.1, 0.15) is 0 Å². The summed E-state index contributed by atoms with van der Waals surface area (Å²) in [5, 5.41) is 0. The molecule has 0 amide bonds. The van der Waals surface area contributed by atoms with Gasteiger partial charge in [-0.25, -0.2) is 0 Å². The molecule has 0 heterocycles. The molecular weight excluding hydrogens is 388 g/mol. The van der Waals surface area contributed by atoms with E-state index in [-0.39, 0.29) is 0 Å². The highest BCUT2D eigenvalue weighted by atomic mass is 79.9. The molecule has 0 saturated heterocycles. The van der Waals surface area contributed by atoms with Crippen LogP contribution in [0.15, 0.2) is 42.5 Å². The molecule has 2 aromatic carbocycles. The van der Waals surface area contributed by atoms with Crippen molar-refractivity contribution >= 4 is 31.9 Å². The van der Waals surface area contributed by atoms with Gasteiger partial charge in [-0.1, -0.05) is 79.9 Å². The van der Waals surface area contributed by atoms with Crippen LogP contribution in [-0.4, -0.2) is 0 Å². The van der Waals surface area contributed by atoms with Crippen LogP contribution in [0.4, 0.5) is 0 Å². The molecule has 2 atom stereocenters. The van der Waals surface area contributed by atoms with Crippen molar-refractivity contribution in [3.05, 3.63) is 70.3 Å². The van der Waals surface area contributed by atoms with Gasteiger partial charge in [0.05, 0.1) is 0 Å². The first-order valence-corrected chi connectivity index (χ1v) is 9.07. The Labute approximate surface area is 146 Å². The van der Waals surface area contributed by atoms with E-state index in [9.17, 15) is 0 Å². The molecule has 0 spiro atoms. The Balaban J connectivity index is 0.000000211. The van der Waals surface area contributed by atoms with Crippen LogP contribution in [-0.2, 0) is 0 Å². The minimum atomic E-state index is 0.462. The second-order valence-corrected chi connectivity index (χ2v) is 8.20. The Kier molecular flexibility index (Phi) is 7.69. The van der Waals surface area contributed by atoms with Crippen molar-refractivity contribution in [3.8, 4) is 0 Å². The molecule has 2 unspecified atom stereocenters. The Morgan fingerprint density at radius 3 is 1.52 bits per heavy atom. The lowest BCUT2D eigenvalue weighted by molar-refractivity contribution is 1.07. The lowest BCUT2D eigenvalue weighted by atomic mass is 10.0. The Morgan fingerprint density at radius 1 is 0.714 bits per heavy atom. The fraction of sp³-hybridized carbons (Fsp3) is 0.368. The summed E-state index contributed by atoms with van der Waals surface area (Å²) in [7, 11) is 0. The van der Waals surface area contributed by atoms with Gasteiger partial charge in [0, 0.05) is 9.65 Å². The second-order valence-electron chi connectivity index (χ2n) is 5.45. The molecule has 0 N–H and O–H groups in total. The second kappa shape index (κ2) is 8.75. The average Bonchev–Trinajstić information content (AvgIpc) is 2.39. The highest BCUT2D eigenvalue weighted by Crippen LogP contribution is 2.27. The fourth-order valence-corrected chi connectivity index (χ4v) is 3.31. The summed E-state index contributed by atoms with van der Waals surface area (Å²) in [6.45, 7) is 10.7. The fourth-order valence-electron chi connectivity index (χ4n) is 2.29. The van der Waals surface area contributed by atoms with E-state index in [4.69, 9.17) is 0 Å². The minimum Gasteiger partial charge on any atom is -0.0842 e. The number of hydrogen-bond donors (Lipinski definition) is 0. The molecule has 0 nitrogen and oxygen atoms in total. The third-order valence-corrected chi connectivity index (χ3v) is 4.46. The summed E-state index contributed by atoms with van der Waals surface area (Å²) in [5.41, 5.74) is 6.82. The van der Waals surface area contributed by atoms with Gasteiger partial charge in [-0.05, 0) is 56.9 Å². The number of rotatable bonds is 2. The standard InChI is InChI=1S/C10H13Br.C9H11Br/c1-7-5-4-6-8(2)10(7)9(3)11;1-7-3-5-9(6-4-7)8(2)10/h4-6,9H,1-3H3;3-6,8H,1-2H3. The average molecular weight is 412 g/mol. The zero-order valence-electron chi connectivity index (χ0n) is 13.5. The first kappa shape index (κ1) is 18.4. The Bertz CT molecular complexity index is 534. The van der Waals surface area contributed by atoms with Crippen LogP contribution < -0.4 is 0 Å². The summed E-state index contributed by atoms with van der Waals surface area (Å²) < 4.78 is 0. The van der Waals surface area contributed by atoms with Gasteiger partial charge in [-0.3, -0.25) is 0 Å². The molecule has 2 aromatic rings. The van der Waals surface area contributed by atoms with Crippen LogP contribution in [0, 0.1) is 20.8 Å². The van der Waals surface area contributed by atoms with E-state index in [2.05, 4.69) is 109 Å². The highest BCUT2D eigenvalue weighted by molar-refractivity contribution is 9.09. The van der Waals surface area contributed by atoms with E-state index in [0.717, 1.165) is 0 Å². The van der Waals surface area contributed by atoms with Gasteiger partial charge >= 0.3 is 0 Å². The van der Waals surface area contributed by atoms with E-state index >= 15 is 0 Å². The smallest absolute Gasteiger partial charge is 0.0372 e. The third kappa shape index (κ3) is 5.96. The molecule has 114 valence electrons. The van der Waals surface area contributed by atoms with Crippen LogP contribution in [0.25, 0.3) is 0 Å². The normalized spacial score (nSPS) is 13.1. The monoisotopic (exact) mass is 410 g/mol. The van der Waals surface area contributed by atoms with Crippen LogP contribution in [0.3, 0.4) is 0 Å². The Morgan fingerprint density at radius 2 is 1.19 bits per heavy atom. The molecule has 21 heavy (non-hydrogen) atoms. The number of hydrogen-bond acceptors (Lipinski definition) is 0. The largest absolute Gasteiger partial charge is 0.0842 e. The van der Waals surface area contributed by atoms with Crippen LogP contribution >= 0.6 is 31.9 Å². The maximum atomic E-state index is 3.58. The van der Waals surface area contributed by atoms with Crippen molar-refractivity contribution in [2.45, 2.75) is 44.3 Å². The molecule has 0 radical (unpaired) electrons. The zero-order valence-corrected chi connectivity index (χ0v) is 16.6. The van der Waals surface area contributed by atoms with Crippen LogP contribution in [0.2, 0.25) is 0 Å². The summed E-state index contributed by atoms with van der Waals surface area (Å²) in [5.74, 6) is 0. The molecule has 0 fully saturated rings. The van der Waals surface area contributed by atoms with Crippen LogP contribution in [0.5, 0.6) is 0 Å². The summed E-state index contributed by atoms with van der Waals surface area (Å²) in [6.07, 6.45) is 0. The molecule has 0 saturated carbocycles. The van der Waals surface area contributed by atoms with Gasteiger partial charge in [-0.15, -0.1) is 0 Å². The van der Waals surface area contributed by atoms with E-state index < -0.39 is 0 Å². The summed E-state index contributed by atoms with van der Waals surface area (Å²) >= 11 is 7.09.